The molecule has 0 bridgehead atoms. The minimum absolute atomic E-state index is 0.0461. The van der Waals surface area contributed by atoms with Crippen LogP contribution in [0.15, 0.2) is 18.2 Å². The number of methoxy groups -OCH3 is 1. The molecule has 0 radical (unpaired) electrons. The van der Waals surface area contributed by atoms with Gasteiger partial charge in [0, 0.05) is 36.1 Å². The van der Waals surface area contributed by atoms with Gasteiger partial charge in [0.2, 0.25) is 0 Å². The molecule has 100 valence electrons. The maximum atomic E-state index is 11.6. The minimum atomic E-state index is -2.90. The van der Waals surface area contributed by atoms with Crippen LogP contribution in [0.4, 0.5) is 11.4 Å². The molecule has 5 nitrogen and oxygen atoms in total. The van der Waals surface area contributed by atoms with E-state index in [4.69, 9.17) is 10.5 Å². The van der Waals surface area contributed by atoms with Crippen LogP contribution in [0.5, 0.6) is 5.75 Å². The first-order chi connectivity index (χ1) is 8.41. The van der Waals surface area contributed by atoms with Crippen molar-refractivity contribution in [2.24, 2.45) is 0 Å². The molecule has 0 amide bonds. The Morgan fingerprint density at radius 3 is 2.72 bits per heavy atom. The Hall–Kier alpha value is -1.43. The standard InChI is InChI=1S/C12H18N2O3S/c1-9-8-18(15,16)4-3-14(9)11-5-10(13)6-12(7-11)17-2/h5-7,9H,3-4,8,13H2,1-2H3. The SMILES string of the molecule is COc1cc(N)cc(N2CCS(=O)(=O)CC2C)c1. The lowest BCUT2D eigenvalue weighted by Gasteiger charge is -2.35. The maximum Gasteiger partial charge on any atom is 0.154 e. The summed E-state index contributed by atoms with van der Waals surface area (Å²) in [6, 6.07) is 5.42. The highest BCUT2D eigenvalue weighted by atomic mass is 32.2. The number of ether oxygens (including phenoxy) is 1. The number of hydrogen-bond acceptors (Lipinski definition) is 5. The van der Waals surface area contributed by atoms with Crippen LogP contribution in [-0.4, -0.2) is 39.6 Å². The van der Waals surface area contributed by atoms with Gasteiger partial charge in [0.25, 0.3) is 0 Å². The molecule has 1 aromatic rings. The molecule has 1 unspecified atom stereocenters. The van der Waals surface area contributed by atoms with E-state index in [1.807, 2.05) is 19.1 Å². The van der Waals surface area contributed by atoms with Crippen molar-refractivity contribution in [3.8, 4) is 5.75 Å². The Labute approximate surface area is 107 Å². The fourth-order valence-corrected chi connectivity index (χ4v) is 3.83. The smallest absolute Gasteiger partial charge is 0.154 e. The van der Waals surface area contributed by atoms with Crippen molar-refractivity contribution < 1.29 is 13.2 Å². The predicted octanol–water partition coefficient (Wildman–Crippen LogP) is 0.901. The van der Waals surface area contributed by atoms with Crippen molar-refractivity contribution in [1.29, 1.82) is 0 Å². The molecule has 1 atom stereocenters. The topological polar surface area (TPSA) is 72.6 Å². The van der Waals surface area contributed by atoms with E-state index in [1.165, 1.54) is 0 Å². The monoisotopic (exact) mass is 270 g/mol. The Morgan fingerprint density at radius 1 is 1.39 bits per heavy atom. The van der Waals surface area contributed by atoms with Gasteiger partial charge in [0.1, 0.15) is 5.75 Å². The average molecular weight is 270 g/mol. The van der Waals surface area contributed by atoms with Crippen molar-refractivity contribution >= 4 is 21.2 Å². The third-order valence-electron chi connectivity index (χ3n) is 3.15. The normalized spacial score (nSPS) is 22.8. The van der Waals surface area contributed by atoms with Gasteiger partial charge in [0.15, 0.2) is 9.84 Å². The largest absolute Gasteiger partial charge is 0.497 e. The van der Waals surface area contributed by atoms with Gasteiger partial charge in [0.05, 0.1) is 18.6 Å². The van der Waals surface area contributed by atoms with Crippen LogP contribution >= 0.6 is 0 Å². The Bertz CT molecular complexity index is 542. The predicted molar refractivity (Wildman–Crippen MR) is 72.9 cm³/mol. The summed E-state index contributed by atoms with van der Waals surface area (Å²) >= 11 is 0. The quantitative estimate of drug-likeness (QED) is 0.808. The molecule has 1 heterocycles. The average Bonchev–Trinajstić information content (AvgIpc) is 2.26. The summed E-state index contributed by atoms with van der Waals surface area (Å²) in [5.74, 6) is 1.06. The molecule has 1 aliphatic heterocycles. The molecule has 2 N–H and O–H groups in total. The molecule has 1 saturated heterocycles. The summed E-state index contributed by atoms with van der Waals surface area (Å²) < 4.78 is 28.3. The Balaban J connectivity index is 2.29. The van der Waals surface area contributed by atoms with Gasteiger partial charge in [-0.15, -0.1) is 0 Å². The van der Waals surface area contributed by atoms with Crippen molar-refractivity contribution in [3.05, 3.63) is 18.2 Å². The summed E-state index contributed by atoms with van der Waals surface area (Å²) in [6.45, 7) is 2.41. The lowest BCUT2D eigenvalue weighted by atomic mass is 10.2. The van der Waals surface area contributed by atoms with Crippen LogP contribution in [0.1, 0.15) is 6.92 Å². The summed E-state index contributed by atoms with van der Waals surface area (Å²) in [5.41, 5.74) is 7.34. The van der Waals surface area contributed by atoms with E-state index >= 15 is 0 Å². The number of anilines is 2. The maximum absolute atomic E-state index is 11.6. The highest BCUT2D eigenvalue weighted by Crippen LogP contribution is 2.28. The van der Waals surface area contributed by atoms with E-state index in [-0.39, 0.29) is 17.5 Å². The van der Waals surface area contributed by atoms with Gasteiger partial charge >= 0.3 is 0 Å². The Kier molecular flexibility index (Phi) is 3.38. The second-order valence-corrected chi connectivity index (χ2v) is 6.85. The fraction of sp³-hybridized carbons (Fsp3) is 0.500. The number of nitrogens with two attached hydrogens (primary N) is 1. The van der Waals surface area contributed by atoms with Crippen LogP contribution in [0.3, 0.4) is 0 Å². The van der Waals surface area contributed by atoms with Crippen LogP contribution < -0.4 is 15.4 Å². The summed E-state index contributed by atoms with van der Waals surface area (Å²) in [6.07, 6.45) is 0. The van der Waals surface area contributed by atoms with Crippen molar-refractivity contribution in [3.63, 3.8) is 0 Å². The molecule has 6 heteroatoms. The zero-order valence-corrected chi connectivity index (χ0v) is 11.4. The molecule has 1 aliphatic rings. The molecule has 18 heavy (non-hydrogen) atoms. The van der Waals surface area contributed by atoms with Gasteiger partial charge in [-0.25, -0.2) is 8.42 Å². The van der Waals surface area contributed by atoms with Gasteiger partial charge in [-0.05, 0) is 13.0 Å². The van der Waals surface area contributed by atoms with E-state index in [1.54, 1.807) is 13.2 Å². The molecule has 0 spiro atoms. The van der Waals surface area contributed by atoms with Crippen LogP contribution in [0, 0.1) is 0 Å². The number of hydrogen-bond donors (Lipinski definition) is 1. The summed E-state index contributed by atoms with van der Waals surface area (Å²) in [7, 11) is -1.32. The molecule has 1 aromatic carbocycles. The van der Waals surface area contributed by atoms with Crippen LogP contribution in [0.2, 0.25) is 0 Å². The second-order valence-electron chi connectivity index (χ2n) is 4.62. The second kappa shape index (κ2) is 4.68. The Morgan fingerprint density at radius 2 is 2.11 bits per heavy atom. The van der Waals surface area contributed by atoms with Crippen molar-refractivity contribution in [2.75, 3.05) is 35.8 Å². The van der Waals surface area contributed by atoms with Gasteiger partial charge in [-0.1, -0.05) is 0 Å². The first-order valence-electron chi connectivity index (χ1n) is 5.83. The first-order valence-corrected chi connectivity index (χ1v) is 7.65. The molecular weight excluding hydrogens is 252 g/mol. The van der Waals surface area contributed by atoms with Crippen LogP contribution in [0.25, 0.3) is 0 Å². The summed E-state index contributed by atoms with van der Waals surface area (Å²) in [4.78, 5) is 2.06. The fourth-order valence-electron chi connectivity index (χ4n) is 2.27. The third kappa shape index (κ3) is 2.69. The van der Waals surface area contributed by atoms with E-state index < -0.39 is 9.84 Å². The van der Waals surface area contributed by atoms with Crippen molar-refractivity contribution in [2.45, 2.75) is 13.0 Å². The van der Waals surface area contributed by atoms with Gasteiger partial charge < -0.3 is 15.4 Å². The molecule has 1 fully saturated rings. The van der Waals surface area contributed by atoms with E-state index in [0.29, 0.717) is 18.0 Å². The van der Waals surface area contributed by atoms with Crippen molar-refractivity contribution in [1.82, 2.24) is 0 Å². The zero-order valence-electron chi connectivity index (χ0n) is 10.6. The highest BCUT2D eigenvalue weighted by Gasteiger charge is 2.28. The minimum Gasteiger partial charge on any atom is -0.497 e. The van der Waals surface area contributed by atoms with Gasteiger partial charge in [-0.3, -0.25) is 0 Å². The van der Waals surface area contributed by atoms with Gasteiger partial charge in [-0.2, -0.15) is 0 Å². The number of rotatable bonds is 2. The number of sulfone groups is 1. The molecular formula is C12H18N2O3S. The highest BCUT2D eigenvalue weighted by molar-refractivity contribution is 7.91. The number of benzene rings is 1. The van der Waals surface area contributed by atoms with E-state index in [0.717, 1.165) is 5.69 Å². The zero-order chi connectivity index (χ0) is 13.3. The number of nitrogen functional groups attached to an aromatic ring is 1. The molecule has 2 rings (SSSR count). The molecule has 0 aliphatic carbocycles. The van der Waals surface area contributed by atoms with E-state index in [2.05, 4.69) is 4.90 Å². The third-order valence-corrected chi connectivity index (χ3v) is 4.95. The number of nitrogens with zero attached hydrogens (tertiary/aromatic N) is 1. The summed E-state index contributed by atoms with van der Waals surface area (Å²) in [5, 5.41) is 0. The molecule has 0 saturated carbocycles. The first kappa shape index (κ1) is 13.0. The lowest BCUT2D eigenvalue weighted by Crippen LogP contribution is -2.47. The lowest BCUT2D eigenvalue weighted by molar-refractivity contribution is 0.415. The van der Waals surface area contributed by atoms with Crippen LogP contribution in [-0.2, 0) is 9.84 Å². The molecule has 0 aromatic heterocycles. The van der Waals surface area contributed by atoms with E-state index in [9.17, 15) is 8.42 Å².